The van der Waals surface area contributed by atoms with Gasteiger partial charge in [-0.2, -0.15) is 8.78 Å². The van der Waals surface area contributed by atoms with E-state index < -0.39 is 47.2 Å². The molecule has 49 heavy (non-hydrogen) atoms. The minimum absolute atomic E-state index is 0.0833. The predicted octanol–water partition coefficient (Wildman–Crippen LogP) is 3.89. The van der Waals surface area contributed by atoms with E-state index in [2.05, 4.69) is 18.6 Å². The van der Waals surface area contributed by atoms with Gasteiger partial charge in [-0.15, -0.1) is 0 Å². The van der Waals surface area contributed by atoms with Crippen molar-refractivity contribution in [3.8, 4) is 5.75 Å². The molecule has 0 aliphatic carbocycles. The highest BCUT2D eigenvalue weighted by Gasteiger charge is 2.28. The van der Waals surface area contributed by atoms with E-state index in [1.165, 1.54) is 0 Å². The molecule has 1 rings (SSSR count). The number of carbonyl (C=O) groups is 1. The number of carbonyl (C=O) groups excluding carboxylic acids is 1. The van der Waals surface area contributed by atoms with Crippen molar-refractivity contribution in [3.63, 3.8) is 0 Å². The second-order valence-electron chi connectivity index (χ2n) is 10.2. The molecule has 0 N–H and O–H groups in total. The number of halogens is 5. The fraction of sp³-hybridized carbons (Fsp3) is 0.781. The van der Waals surface area contributed by atoms with Crippen LogP contribution in [0.25, 0.3) is 0 Å². The summed E-state index contributed by atoms with van der Waals surface area (Å²) < 4.78 is 125. The molecule has 1 aromatic rings. The first-order valence-electron chi connectivity index (χ1n) is 16.3. The van der Waals surface area contributed by atoms with E-state index in [1.54, 1.807) is 0 Å². The first-order valence-corrected chi connectivity index (χ1v) is 16.3. The zero-order valence-electron chi connectivity index (χ0n) is 28.4. The molecule has 0 aliphatic rings. The van der Waals surface area contributed by atoms with Crippen LogP contribution >= 0.6 is 0 Å². The smallest absolute Gasteiger partial charge is 0.313 e. The van der Waals surface area contributed by atoms with Crippen molar-refractivity contribution in [3.05, 3.63) is 29.1 Å². The third-order valence-electron chi connectivity index (χ3n) is 6.28. The SMILES string of the molecule is CCC(C)COCCOCCOCCOCCOCCOCCOCCOCCOCCOCCC(=O)Oc1c(F)c(F)c(F)c(F)c1F. The van der Waals surface area contributed by atoms with E-state index in [0.29, 0.717) is 105 Å². The molecule has 286 valence electrons. The zero-order chi connectivity index (χ0) is 36.0. The maximum Gasteiger partial charge on any atom is 0.313 e. The standard InChI is InChI=1S/C32H51F5O12/c1-3-25(2)24-48-23-22-47-21-20-46-19-18-45-17-16-44-15-14-43-13-12-42-11-10-41-9-8-40-7-6-39-5-4-26(38)49-32-30(36)28(34)27(33)29(35)31(32)37/h25H,3-24H2,1-2H3. The summed E-state index contributed by atoms with van der Waals surface area (Å²) in [5.74, 6) is -13.6. The normalized spacial score (nSPS) is 12.1. The Morgan fingerprint density at radius 1 is 0.449 bits per heavy atom. The van der Waals surface area contributed by atoms with Crippen LogP contribution < -0.4 is 4.74 Å². The Morgan fingerprint density at radius 2 is 0.714 bits per heavy atom. The van der Waals surface area contributed by atoms with Crippen molar-refractivity contribution in [2.45, 2.75) is 26.7 Å². The van der Waals surface area contributed by atoms with Crippen molar-refractivity contribution in [1.82, 2.24) is 0 Å². The number of esters is 1. The first kappa shape index (κ1) is 45.0. The first-order chi connectivity index (χ1) is 23.8. The molecular formula is C32H51F5O12. The lowest BCUT2D eigenvalue weighted by molar-refractivity contribution is -0.136. The second kappa shape index (κ2) is 30.7. The van der Waals surface area contributed by atoms with Crippen molar-refractivity contribution >= 4 is 5.97 Å². The van der Waals surface area contributed by atoms with Gasteiger partial charge in [0.25, 0.3) is 0 Å². The van der Waals surface area contributed by atoms with Gasteiger partial charge in [-0.05, 0) is 5.92 Å². The van der Waals surface area contributed by atoms with Gasteiger partial charge in [0.05, 0.1) is 132 Å². The zero-order valence-corrected chi connectivity index (χ0v) is 28.4. The van der Waals surface area contributed by atoms with E-state index in [0.717, 1.165) is 13.0 Å². The summed E-state index contributed by atoms with van der Waals surface area (Å²) in [6.45, 7) is 12.3. The van der Waals surface area contributed by atoms with Gasteiger partial charge >= 0.3 is 5.97 Å². The van der Waals surface area contributed by atoms with Crippen LogP contribution in [0.4, 0.5) is 22.0 Å². The average molecular weight is 723 g/mol. The molecule has 17 heteroatoms. The van der Waals surface area contributed by atoms with Crippen LogP contribution in [0, 0.1) is 35.0 Å². The van der Waals surface area contributed by atoms with Gasteiger partial charge in [0.1, 0.15) is 0 Å². The minimum atomic E-state index is -2.35. The van der Waals surface area contributed by atoms with Gasteiger partial charge in [-0.25, -0.2) is 13.2 Å². The molecule has 12 nitrogen and oxygen atoms in total. The van der Waals surface area contributed by atoms with Gasteiger partial charge in [-0.1, -0.05) is 20.3 Å². The van der Waals surface area contributed by atoms with Gasteiger partial charge < -0.3 is 52.1 Å². The monoisotopic (exact) mass is 722 g/mol. The molecule has 0 aromatic heterocycles. The predicted molar refractivity (Wildman–Crippen MR) is 164 cm³/mol. The number of ether oxygens (including phenoxy) is 11. The Bertz CT molecular complexity index is 950. The molecule has 0 saturated carbocycles. The van der Waals surface area contributed by atoms with Crippen molar-refractivity contribution < 1.29 is 78.9 Å². The average Bonchev–Trinajstić information content (AvgIpc) is 3.10. The highest BCUT2D eigenvalue weighted by atomic mass is 19.2. The summed E-state index contributed by atoms with van der Waals surface area (Å²) >= 11 is 0. The summed E-state index contributed by atoms with van der Waals surface area (Å²) in [4.78, 5) is 11.6. The van der Waals surface area contributed by atoms with Crippen LogP contribution in [-0.4, -0.2) is 138 Å². The Balaban J connectivity index is 1.75. The van der Waals surface area contributed by atoms with Crippen LogP contribution in [0.15, 0.2) is 0 Å². The molecule has 1 unspecified atom stereocenters. The third kappa shape index (κ3) is 23.1. The fourth-order valence-corrected chi connectivity index (χ4v) is 3.38. The Hall–Kier alpha value is -2.06. The van der Waals surface area contributed by atoms with E-state index in [-0.39, 0.29) is 26.4 Å². The Morgan fingerprint density at radius 3 is 1.02 bits per heavy atom. The van der Waals surface area contributed by atoms with Gasteiger partial charge in [0, 0.05) is 6.61 Å². The van der Waals surface area contributed by atoms with E-state index in [1.807, 2.05) is 0 Å². The maximum absolute atomic E-state index is 13.5. The molecule has 0 amide bonds. The van der Waals surface area contributed by atoms with Crippen LogP contribution in [0.1, 0.15) is 26.7 Å². The summed E-state index contributed by atoms with van der Waals surface area (Å²) in [6.07, 6.45) is 0.625. The van der Waals surface area contributed by atoms with Crippen LogP contribution in [0.3, 0.4) is 0 Å². The lowest BCUT2D eigenvalue weighted by Gasteiger charge is -2.10. The van der Waals surface area contributed by atoms with Crippen LogP contribution in [-0.2, 0) is 52.2 Å². The fourth-order valence-electron chi connectivity index (χ4n) is 3.38. The molecule has 1 aromatic carbocycles. The molecule has 0 radical (unpaired) electrons. The van der Waals surface area contributed by atoms with E-state index in [9.17, 15) is 26.7 Å². The second-order valence-corrected chi connectivity index (χ2v) is 10.2. The lowest BCUT2D eigenvalue weighted by atomic mass is 10.1. The lowest BCUT2D eigenvalue weighted by Crippen LogP contribution is -2.16. The summed E-state index contributed by atoms with van der Waals surface area (Å²) in [7, 11) is 0. The van der Waals surface area contributed by atoms with Gasteiger partial charge in [-0.3, -0.25) is 4.79 Å². The summed E-state index contributed by atoms with van der Waals surface area (Å²) in [6, 6.07) is 0. The molecule has 0 heterocycles. The third-order valence-corrected chi connectivity index (χ3v) is 6.28. The highest BCUT2D eigenvalue weighted by Crippen LogP contribution is 2.29. The van der Waals surface area contributed by atoms with Gasteiger partial charge in [0.15, 0.2) is 0 Å². The Labute approximate surface area is 284 Å². The molecule has 0 aliphatic heterocycles. The number of rotatable bonds is 34. The highest BCUT2D eigenvalue weighted by molar-refractivity contribution is 5.72. The quantitative estimate of drug-likeness (QED) is 0.0257. The summed E-state index contributed by atoms with van der Waals surface area (Å²) in [5, 5.41) is 0. The molecule has 0 fully saturated rings. The van der Waals surface area contributed by atoms with E-state index >= 15 is 0 Å². The van der Waals surface area contributed by atoms with Crippen molar-refractivity contribution in [2.75, 3.05) is 132 Å². The number of hydrogen-bond acceptors (Lipinski definition) is 12. The van der Waals surface area contributed by atoms with Crippen LogP contribution in [0.2, 0.25) is 0 Å². The van der Waals surface area contributed by atoms with Crippen LogP contribution in [0.5, 0.6) is 5.75 Å². The Kier molecular flexibility index (Phi) is 28.2. The topological polar surface area (TPSA) is 119 Å². The molecule has 0 bridgehead atoms. The van der Waals surface area contributed by atoms with Crippen molar-refractivity contribution in [2.24, 2.45) is 5.92 Å². The number of hydrogen-bond donors (Lipinski definition) is 0. The largest absolute Gasteiger partial charge is 0.420 e. The van der Waals surface area contributed by atoms with E-state index in [4.69, 9.17) is 47.4 Å². The number of benzene rings is 1. The molecular weight excluding hydrogens is 671 g/mol. The molecule has 1 atom stereocenters. The molecule has 0 spiro atoms. The van der Waals surface area contributed by atoms with Gasteiger partial charge in [0.2, 0.25) is 34.8 Å². The molecule has 0 saturated heterocycles. The van der Waals surface area contributed by atoms with Crippen molar-refractivity contribution in [1.29, 1.82) is 0 Å². The summed E-state index contributed by atoms with van der Waals surface area (Å²) in [5.41, 5.74) is 0. The maximum atomic E-state index is 13.5. The minimum Gasteiger partial charge on any atom is -0.420 e.